The maximum absolute atomic E-state index is 13.0. The summed E-state index contributed by atoms with van der Waals surface area (Å²) in [6, 6.07) is 3.70. The van der Waals surface area contributed by atoms with E-state index >= 15 is 0 Å². The highest BCUT2D eigenvalue weighted by Crippen LogP contribution is 2.20. The predicted octanol–water partition coefficient (Wildman–Crippen LogP) is 3.24. The number of aromatic nitrogens is 2. The summed E-state index contributed by atoms with van der Waals surface area (Å²) < 4.78 is 13.2. The van der Waals surface area contributed by atoms with Crippen LogP contribution in [0.15, 0.2) is 18.2 Å². The average molecular weight is 292 g/mol. The minimum Gasteiger partial charge on any atom is -0.320 e. The summed E-state index contributed by atoms with van der Waals surface area (Å²) in [6.07, 6.45) is 0. The third kappa shape index (κ3) is 3.12. The molecule has 0 aliphatic rings. The van der Waals surface area contributed by atoms with Crippen molar-refractivity contribution in [2.24, 2.45) is 0 Å². The van der Waals surface area contributed by atoms with E-state index in [4.69, 9.17) is 23.2 Å². The Morgan fingerprint density at radius 1 is 1.29 bits per heavy atom. The Kier molecular flexibility index (Phi) is 3.56. The smallest absolute Gasteiger partial charge is 0.286 e. The van der Waals surface area contributed by atoms with Crippen molar-refractivity contribution >= 4 is 46.1 Å². The number of carbonyl (C=O) groups is 1. The summed E-state index contributed by atoms with van der Waals surface area (Å²) in [5, 5.41) is 9.76. The van der Waals surface area contributed by atoms with Gasteiger partial charge in [0.1, 0.15) is 5.82 Å². The zero-order valence-corrected chi connectivity index (χ0v) is 10.4. The summed E-state index contributed by atoms with van der Waals surface area (Å²) in [5.41, 5.74) is 0.242. The number of rotatable bonds is 2. The molecule has 4 nitrogen and oxygen atoms in total. The van der Waals surface area contributed by atoms with Crippen LogP contribution in [0.4, 0.5) is 10.1 Å². The van der Waals surface area contributed by atoms with Crippen molar-refractivity contribution in [3.05, 3.63) is 38.5 Å². The number of nitrogens with one attached hydrogen (secondary N) is 1. The Morgan fingerprint density at radius 3 is 2.65 bits per heavy atom. The number of anilines is 1. The second-order valence-electron chi connectivity index (χ2n) is 2.97. The lowest BCUT2D eigenvalue weighted by molar-refractivity contribution is 0.102. The van der Waals surface area contributed by atoms with Crippen LogP contribution in [0.5, 0.6) is 0 Å². The van der Waals surface area contributed by atoms with Crippen LogP contribution in [0.2, 0.25) is 9.49 Å². The van der Waals surface area contributed by atoms with Gasteiger partial charge in [0.25, 0.3) is 5.91 Å². The fourth-order valence-corrected chi connectivity index (χ4v) is 2.05. The highest BCUT2D eigenvalue weighted by atomic mass is 35.5. The van der Waals surface area contributed by atoms with Crippen LogP contribution < -0.4 is 5.32 Å². The molecule has 2 aromatic rings. The van der Waals surface area contributed by atoms with Gasteiger partial charge in [0.05, 0.1) is 0 Å². The second-order valence-corrected chi connectivity index (χ2v) is 4.97. The average Bonchev–Trinajstić information content (AvgIpc) is 2.63. The largest absolute Gasteiger partial charge is 0.320 e. The molecule has 0 aliphatic heterocycles. The molecule has 1 aromatic heterocycles. The normalized spacial score (nSPS) is 10.3. The van der Waals surface area contributed by atoms with Gasteiger partial charge in [-0.25, -0.2) is 4.39 Å². The van der Waals surface area contributed by atoms with Crippen molar-refractivity contribution in [1.29, 1.82) is 0 Å². The number of carbonyl (C=O) groups excluding carboxylic acids is 1. The molecule has 0 fully saturated rings. The lowest BCUT2D eigenvalue weighted by Gasteiger charge is -2.03. The van der Waals surface area contributed by atoms with Crippen molar-refractivity contribution in [3.63, 3.8) is 0 Å². The summed E-state index contributed by atoms with van der Waals surface area (Å²) in [7, 11) is 0. The minimum absolute atomic E-state index is 0.0929. The molecule has 88 valence electrons. The number of halogens is 3. The molecule has 2 rings (SSSR count). The van der Waals surface area contributed by atoms with E-state index < -0.39 is 11.7 Å². The van der Waals surface area contributed by atoms with Gasteiger partial charge in [-0.1, -0.05) is 22.9 Å². The van der Waals surface area contributed by atoms with E-state index in [9.17, 15) is 9.18 Å². The van der Waals surface area contributed by atoms with E-state index in [1.807, 2.05) is 0 Å². The Hall–Kier alpha value is -1.24. The van der Waals surface area contributed by atoms with Gasteiger partial charge >= 0.3 is 0 Å². The first-order chi connectivity index (χ1) is 8.04. The van der Waals surface area contributed by atoms with Crippen LogP contribution in [0.25, 0.3) is 0 Å². The van der Waals surface area contributed by atoms with Gasteiger partial charge in [-0.05, 0) is 29.8 Å². The molecule has 17 heavy (non-hydrogen) atoms. The predicted molar refractivity (Wildman–Crippen MR) is 64.3 cm³/mol. The SMILES string of the molecule is O=C(Nc1cc(F)cc(Cl)c1)c1nnc(Cl)s1. The van der Waals surface area contributed by atoms with Gasteiger partial charge in [-0.15, -0.1) is 10.2 Å². The van der Waals surface area contributed by atoms with Gasteiger partial charge in [-0.3, -0.25) is 4.79 Å². The Morgan fingerprint density at radius 2 is 2.06 bits per heavy atom. The van der Waals surface area contributed by atoms with E-state index in [-0.39, 0.29) is 20.2 Å². The van der Waals surface area contributed by atoms with Gasteiger partial charge in [0.15, 0.2) is 0 Å². The topological polar surface area (TPSA) is 54.9 Å². The standard InChI is InChI=1S/C9H4Cl2FN3OS/c10-4-1-5(12)3-6(2-4)13-7(16)8-14-15-9(11)17-8/h1-3H,(H,13,16). The Bertz CT molecular complexity index is 555. The molecule has 0 atom stereocenters. The number of hydrogen-bond acceptors (Lipinski definition) is 4. The molecule has 1 N–H and O–H groups in total. The molecule has 0 radical (unpaired) electrons. The maximum atomic E-state index is 13.0. The fraction of sp³-hybridized carbons (Fsp3) is 0. The van der Waals surface area contributed by atoms with E-state index in [0.717, 1.165) is 23.5 Å². The maximum Gasteiger partial charge on any atom is 0.286 e. The summed E-state index contributed by atoms with van der Waals surface area (Å²) in [6.45, 7) is 0. The van der Waals surface area contributed by atoms with Crippen LogP contribution in [-0.2, 0) is 0 Å². The number of hydrogen-bond donors (Lipinski definition) is 1. The second kappa shape index (κ2) is 4.95. The number of amides is 1. The van der Waals surface area contributed by atoms with Crippen LogP contribution in [0, 0.1) is 5.82 Å². The first-order valence-corrected chi connectivity index (χ1v) is 5.88. The molecular formula is C9H4Cl2FN3OS. The van der Waals surface area contributed by atoms with Gasteiger partial charge in [0, 0.05) is 10.7 Å². The van der Waals surface area contributed by atoms with E-state index in [1.54, 1.807) is 0 Å². The monoisotopic (exact) mass is 291 g/mol. The molecule has 1 aromatic carbocycles. The quantitative estimate of drug-likeness (QED) is 0.924. The third-order valence-corrected chi connectivity index (χ3v) is 2.95. The van der Waals surface area contributed by atoms with Crippen molar-refractivity contribution < 1.29 is 9.18 Å². The summed E-state index contributed by atoms with van der Waals surface area (Å²) in [5.74, 6) is -1.06. The summed E-state index contributed by atoms with van der Waals surface area (Å²) >= 11 is 12.1. The van der Waals surface area contributed by atoms with Crippen LogP contribution in [0.1, 0.15) is 9.80 Å². The molecule has 0 saturated carbocycles. The third-order valence-electron chi connectivity index (χ3n) is 1.72. The molecule has 0 unspecified atom stereocenters. The van der Waals surface area contributed by atoms with Crippen LogP contribution >= 0.6 is 34.5 Å². The Labute approximate surface area is 109 Å². The minimum atomic E-state index is -0.539. The molecule has 1 heterocycles. The molecule has 0 aliphatic carbocycles. The van der Waals surface area contributed by atoms with Gasteiger partial charge in [0.2, 0.25) is 9.47 Å². The molecule has 0 spiro atoms. The van der Waals surface area contributed by atoms with Gasteiger partial charge in [-0.2, -0.15) is 0 Å². The molecule has 1 amide bonds. The number of benzene rings is 1. The lowest BCUT2D eigenvalue weighted by Crippen LogP contribution is -2.11. The zero-order valence-electron chi connectivity index (χ0n) is 8.08. The summed E-state index contributed by atoms with van der Waals surface area (Å²) in [4.78, 5) is 11.6. The molecule has 0 bridgehead atoms. The van der Waals surface area contributed by atoms with Gasteiger partial charge < -0.3 is 5.32 Å². The van der Waals surface area contributed by atoms with Crippen LogP contribution in [-0.4, -0.2) is 16.1 Å². The highest BCUT2D eigenvalue weighted by Gasteiger charge is 2.12. The van der Waals surface area contributed by atoms with Crippen molar-refractivity contribution in [2.45, 2.75) is 0 Å². The van der Waals surface area contributed by atoms with Crippen molar-refractivity contribution in [1.82, 2.24) is 10.2 Å². The Balaban J connectivity index is 2.18. The van der Waals surface area contributed by atoms with E-state index in [2.05, 4.69) is 15.5 Å². The highest BCUT2D eigenvalue weighted by molar-refractivity contribution is 7.17. The van der Waals surface area contributed by atoms with Crippen molar-refractivity contribution in [3.8, 4) is 0 Å². The molecular weight excluding hydrogens is 288 g/mol. The van der Waals surface area contributed by atoms with E-state index in [1.165, 1.54) is 6.07 Å². The fourth-order valence-electron chi connectivity index (χ4n) is 1.11. The number of nitrogens with zero attached hydrogens (tertiary/aromatic N) is 2. The zero-order chi connectivity index (χ0) is 12.4. The molecule has 8 heteroatoms. The van der Waals surface area contributed by atoms with Crippen LogP contribution in [0.3, 0.4) is 0 Å². The van der Waals surface area contributed by atoms with Crippen molar-refractivity contribution in [2.75, 3.05) is 5.32 Å². The lowest BCUT2D eigenvalue weighted by atomic mass is 10.3. The first-order valence-electron chi connectivity index (χ1n) is 4.31. The first kappa shape index (κ1) is 12.2. The van der Waals surface area contributed by atoms with E-state index in [0.29, 0.717) is 0 Å². The molecule has 0 saturated heterocycles.